The molecule has 0 radical (unpaired) electrons. The van der Waals surface area contributed by atoms with E-state index in [1.54, 1.807) is 55.6 Å². The summed E-state index contributed by atoms with van der Waals surface area (Å²) in [7, 11) is -2.55. The van der Waals surface area contributed by atoms with E-state index in [-0.39, 0.29) is 23.4 Å². The molecule has 0 spiro atoms. The van der Waals surface area contributed by atoms with E-state index < -0.39 is 28.5 Å². The van der Waals surface area contributed by atoms with E-state index in [1.165, 1.54) is 4.90 Å². The SMILES string of the molecule is CC[C@H](C(=O)NC1CCCC1)N(Cc1cccc(OC)c1)C(=O)CN(c1ccc(Br)cc1)S(=O)(=O)c1ccc(C)cc1. The lowest BCUT2D eigenvalue weighted by molar-refractivity contribution is -0.140. The van der Waals surface area contributed by atoms with Crippen LogP contribution >= 0.6 is 15.9 Å². The van der Waals surface area contributed by atoms with Gasteiger partial charge in [-0.3, -0.25) is 13.9 Å². The van der Waals surface area contributed by atoms with Crippen molar-refractivity contribution in [1.29, 1.82) is 0 Å². The van der Waals surface area contributed by atoms with Gasteiger partial charge in [0.25, 0.3) is 10.0 Å². The fourth-order valence-electron chi connectivity index (χ4n) is 5.23. The van der Waals surface area contributed by atoms with Crippen LogP contribution in [-0.2, 0) is 26.2 Å². The Morgan fingerprint density at radius 2 is 1.69 bits per heavy atom. The van der Waals surface area contributed by atoms with Crippen molar-refractivity contribution in [3.8, 4) is 5.75 Å². The highest BCUT2D eigenvalue weighted by molar-refractivity contribution is 9.10. The van der Waals surface area contributed by atoms with Gasteiger partial charge in [0.2, 0.25) is 11.8 Å². The average Bonchev–Trinajstić information content (AvgIpc) is 3.49. The van der Waals surface area contributed by atoms with E-state index >= 15 is 0 Å². The number of hydrogen-bond acceptors (Lipinski definition) is 5. The standard InChI is InChI=1S/C32H38BrN3O5S/c1-4-30(32(38)34-26-9-5-6-10-26)35(21-24-8-7-11-28(20-24)41-3)31(37)22-36(27-16-14-25(33)15-17-27)42(39,40)29-18-12-23(2)13-19-29/h7-8,11-20,26,30H,4-6,9-10,21-22H2,1-3H3,(H,34,38)/t30-/m1/s1. The van der Waals surface area contributed by atoms with Crippen molar-refractivity contribution < 1.29 is 22.7 Å². The number of methoxy groups -OCH3 is 1. The van der Waals surface area contributed by atoms with E-state index in [0.29, 0.717) is 17.9 Å². The molecule has 1 aliphatic carbocycles. The number of nitrogens with one attached hydrogen (secondary N) is 1. The zero-order valence-electron chi connectivity index (χ0n) is 24.3. The third-order valence-electron chi connectivity index (χ3n) is 7.58. The molecular weight excluding hydrogens is 618 g/mol. The number of halogens is 1. The quantitative estimate of drug-likeness (QED) is 0.265. The molecule has 0 aliphatic heterocycles. The second-order valence-corrected chi connectivity index (χ2v) is 13.4. The molecule has 2 amide bonds. The lowest BCUT2D eigenvalue weighted by Crippen LogP contribution is -2.53. The maximum absolute atomic E-state index is 14.2. The van der Waals surface area contributed by atoms with Gasteiger partial charge in [0.15, 0.2) is 0 Å². The van der Waals surface area contributed by atoms with Crippen molar-refractivity contribution in [2.45, 2.75) is 69.5 Å². The van der Waals surface area contributed by atoms with Crippen molar-refractivity contribution in [2.75, 3.05) is 18.0 Å². The van der Waals surface area contributed by atoms with Crippen LogP contribution in [0.2, 0.25) is 0 Å². The molecule has 3 aromatic carbocycles. The largest absolute Gasteiger partial charge is 0.497 e. The summed E-state index contributed by atoms with van der Waals surface area (Å²) in [4.78, 5) is 29.4. The second-order valence-electron chi connectivity index (χ2n) is 10.6. The van der Waals surface area contributed by atoms with E-state index in [4.69, 9.17) is 4.74 Å². The van der Waals surface area contributed by atoms with E-state index in [1.807, 2.05) is 38.1 Å². The van der Waals surface area contributed by atoms with Gasteiger partial charge in [-0.05, 0) is 80.3 Å². The topological polar surface area (TPSA) is 96.0 Å². The van der Waals surface area contributed by atoms with Gasteiger partial charge in [-0.15, -0.1) is 0 Å². The van der Waals surface area contributed by atoms with Crippen molar-refractivity contribution in [2.24, 2.45) is 0 Å². The molecule has 0 heterocycles. The molecule has 224 valence electrons. The lowest BCUT2D eigenvalue weighted by atomic mass is 10.1. The number of sulfonamides is 1. The highest BCUT2D eigenvalue weighted by Crippen LogP contribution is 2.27. The molecule has 42 heavy (non-hydrogen) atoms. The van der Waals surface area contributed by atoms with Crippen LogP contribution in [0.1, 0.15) is 50.2 Å². The fraction of sp³-hybridized carbons (Fsp3) is 0.375. The Balaban J connectivity index is 1.71. The first-order valence-electron chi connectivity index (χ1n) is 14.2. The predicted molar refractivity (Wildman–Crippen MR) is 168 cm³/mol. The number of aryl methyl sites for hydroxylation is 1. The van der Waals surface area contributed by atoms with Gasteiger partial charge in [-0.2, -0.15) is 0 Å². The maximum atomic E-state index is 14.2. The molecule has 10 heteroatoms. The summed E-state index contributed by atoms with van der Waals surface area (Å²) in [6, 6.07) is 19.9. The average molecular weight is 657 g/mol. The molecule has 4 rings (SSSR count). The number of carbonyl (C=O) groups is 2. The maximum Gasteiger partial charge on any atom is 0.264 e. The molecular formula is C32H38BrN3O5S. The number of ether oxygens (including phenoxy) is 1. The minimum Gasteiger partial charge on any atom is -0.497 e. The summed E-state index contributed by atoms with van der Waals surface area (Å²) in [5.41, 5.74) is 2.03. The number of anilines is 1. The highest BCUT2D eigenvalue weighted by atomic mass is 79.9. The van der Waals surface area contributed by atoms with Crippen LogP contribution in [0.5, 0.6) is 5.75 Å². The summed E-state index contributed by atoms with van der Waals surface area (Å²) in [5, 5.41) is 3.13. The predicted octanol–water partition coefficient (Wildman–Crippen LogP) is 5.83. The number of benzene rings is 3. The van der Waals surface area contributed by atoms with E-state index in [9.17, 15) is 18.0 Å². The Morgan fingerprint density at radius 3 is 2.31 bits per heavy atom. The molecule has 8 nitrogen and oxygen atoms in total. The van der Waals surface area contributed by atoms with Crippen molar-refractivity contribution in [3.05, 3.63) is 88.4 Å². The van der Waals surface area contributed by atoms with Crippen molar-refractivity contribution in [3.63, 3.8) is 0 Å². The Morgan fingerprint density at radius 1 is 1.02 bits per heavy atom. The van der Waals surface area contributed by atoms with Crippen LogP contribution in [0.15, 0.2) is 82.2 Å². The lowest BCUT2D eigenvalue weighted by Gasteiger charge is -2.34. The summed E-state index contributed by atoms with van der Waals surface area (Å²) < 4.78 is 35.2. The number of hydrogen-bond donors (Lipinski definition) is 1. The minimum atomic E-state index is -4.12. The fourth-order valence-corrected chi connectivity index (χ4v) is 6.91. The van der Waals surface area contributed by atoms with Crippen LogP contribution in [0, 0.1) is 6.92 Å². The normalized spacial score (nSPS) is 14.3. The van der Waals surface area contributed by atoms with E-state index in [0.717, 1.165) is 45.6 Å². The van der Waals surface area contributed by atoms with Crippen molar-refractivity contribution >= 4 is 43.5 Å². The Kier molecular flexibility index (Phi) is 10.7. The van der Waals surface area contributed by atoms with Gasteiger partial charge < -0.3 is 15.0 Å². The minimum absolute atomic E-state index is 0.0779. The van der Waals surface area contributed by atoms with Gasteiger partial charge in [0, 0.05) is 17.1 Å². The van der Waals surface area contributed by atoms with Gasteiger partial charge in [0.1, 0.15) is 18.3 Å². The van der Waals surface area contributed by atoms with Gasteiger partial charge in [-0.1, -0.05) is 65.5 Å². The van der Waals surface area contributed by atoms with Crippen LogP contribution in [0.25, 0.3) is 0 Å². The summed E-state index contributed by atoms with van der Waals surface area (Å²) in [6.45, 7) is 3.38. The second kappa shape index (κ2) is 14.2. The van der Waals surface area contributed by atoms with Gasteiger partial charge in [-0.25, -0.2) is 8.42 Å². The molecule has 3 aromatic rings. The van der Waals surface area contributed by atoms with Gasteiger partial charge in [0.05, 0.1) is 17.7 Å². The molecule has 1 aliphatic rings. The zero-order valence-corrected chi connectivity index (χ0v) is 26.7. The monoisotopic (exact) mass is 655 g/mol. The van der Waals surface area contributed by atoms with Gasteiger partial charge >= 0.3 is 0 Å². The van der Waals surface area contributed by atoms with Crippen LogP contribution in [-0.4, -0.2) is 50.9 Å². The smallest absolute Gasteiger partial charge is 0.264 e. The van der Waals surface area contributed by atoms with Crippen molar-refractivity contribution in [1.82, 2.24) is 10.2 Å². The Bertz CT molecular complexity index is 1470. The first kappa shape index (κ1) is 31.6. The zero-order chi connectivity index (χ0) is 30.3. The summed E-state index contributed by atoms with van der Waals surface area (Å²) in [5.74, 6) is -0.0798. The number of amides is 2. The molecule has 1 atom stereocenters. The molecule has 1 N–H and O–H groups in total. The van der Waals surface area contributed by atoms with Crippen LogP contribution < -0.4 is 14.4 Å². The third kappa shape index (κ3) is 7.72. The molecule has 0 saturated heterocycles. The van der Waals surface area contributed by atoms with Crippen LogP contribution in [0.4, 0.5) is 5.69 Å². The summed E-state index contributed by atoms with van der Waals surface area (Å²) in [6.07, 6.45) is 4.33. The molecule has 1 fully saturated rings. The molecule has 0 bridgehead atoms. The first-order chi connectivity index (χ1) is 20.1. The molecule has 0 aromatic heterocycles. The summed E-state index contributed by atoms with van der Waals surface area (Å²) >= 11 is 3.40. The molecule has 0 unspecified atom stereocenters. The van der Waals surface area contributed by atoms with E-state index in [2.05, 4.69) is 21.2 Å². The Labute approximate surface area is 257 Å². The number of nitrogens with zero attached hydrogens (tertiary/aromatic N) is 2. The third-order valence-corrected chi connectivity index (χ3v) is 9.89. The first-order valence-corrected chi connectivity index (χ1v) is 16.4. The highest BCUT2D eigenvalue weighted by Gasteiger charge is 2.34. The number of carbonyl (C=O) groups excluding carboxylic acids is 2. The number of rotatable bonds is 12. The molecule has 1 saturated carbocycles. The van der Waals surface area contributed by atoms with Crippen LogP contribution in [0.3, 0.4) is 0 Å². The Hall–Kier alpha value is -3.37.